The SMILES string of the molecule is O=C(CC(=O)N1CCC(Cc2ccccc2)CC1)NCCc1ccc(F)cc1. The Kier molecular flexibility index (Phi) is 7.18. The van der Waals surface area contributed by atoms with Crippen molar-refractivity contribution < 1.29 is 14.0 Å². The van der Waals surface area contributed by atoms with Gasteiger partial charge in [0.05, 0.1) is 0 Å². The summed E-state index contributed by atoms with van der Waals surface area (Å²) in [4.78, 5) is 26.2. The predicted octanol–water partition coefficient (Wildman–Crippen LogP) is 3.36. The molecule has 3 rings (SSSR count). The molecule has 0 unspecified atom stereocenters. The number of rotatable bonds is 7. The molecule has 2 aromatic rings. The van der Waals surface area contributed by atoms with Gasteiger partial charge >= 0.3 is 0 Å². The molecule has 148 valence electrons. The number of carbonyl (C=O) groups excluding carboxylic acids is 2. The van der Waals surface area contributed by atoms with Crippen LogP contribution in [0, 0.1) is 11.7 Å². The van der Waals surface area contributed by atoms with Gasteiger partial charge in [0, 0.05) is 19.6 Å². The number of nitrogens with one attached hydrogen (secondary N) is 1. The zero-order valence-corrected chi connectivity index (χ0v) is 16.1. The minimum absolute atomic E-state index is 0.0996. The number of nitrogens with zero attached hydrogens (tertiary/aromatic N) is 1. The zero-order chi connectivity index (χ0) is 19.8. The second kappa shape index (κ2) is 10.0. The Balaban J connectivity index is 1.34. The van der Waals surface area contributed by atoms with Crippen LogP contribution in [0.5, 0.6) is 0 Å². The van der Waals surface area contributed by atoms with E-state index >= 15 is 0 Å². The van der Waals surface area contributed by atoms with Crippen LogP contribution in [-0.4, -0.2) is 36.3 Å². The molecule has 1 saturated heterocycles. The normalized spacial score (nSPS) is 14.7. The summed E-state index contributed by atoms with van der Waals surface area (Å²) in [5.41, 5.74) is 2.29. The van der Waals surface area contributed by atoms with Crippen LogP contribution in [-0.2, 0) is 22.4 Å². The third-order valence-corrected chi connectivity index (χ3v) is 5.30. The molecule has 5 heteroatoms. The number of carbonyl (C=O) groups is 2. The first-order chi connectivity index (χ1) is 13.6. The summed E-state index contributed by atoms with van der Waals surface area (Å²) in [6.07, 6.45) is 3.52. The highest BCUT2D eigenvalue weighted by Gasteiger charge is 2.24. The van der Waals surface area contributed by atoms with E-state index in [4.69, 9.17) is 0 Å². The third-order valence-electron chi connectivity index (χ3n) is 5.30. The first-order valence-corrected chi connectivity index (χ1v) is 9.93. The molecule has 0 aromatic heterocycles. The maximum absolute atomic E-state index is 12.9. The molecular formula is C23H27FN2O2. The Morgan fingerprint density at radius 2 is 1.64 bits per heavy atom. The molecule has 0 bridgehead atoms. The van der Waals surface area contributed by atoms with E-state index in [0.717, 1.165) is 37.9 Å². The van der Waals surface area contributed by atoms with Crippen LogP contribution in [0.1, 0.15) is 30.4 Å². The Bertz CT molecular complexity index is 769. The molecule has 2 aromatic carbocycles. The number of likely N-dealkylation sites (tertiary alicyclic amines) is 1. The van der Waals surface area contributed by atoms with Crippen molar-refractivity contribution in [2.75, 3.05) is 19.6 Å². The molecule has 1 heterocycles. The number of amides is 2. The predicted molar refractivity (Wildman–Crippen MR) is 107 cm³/mol. The lowest BCUT2D eigenvalue weighted by Gasteiger charge is -2.32. The molecular weight excluding hydrogens is 355 g/mol. The summed E-state index contributed by atoms with van der Waals surface area (Å²) < 4.78 is 12.9. The monoisotopic (exact) mass is 382 g/mol. The van der Waals surface area contributed by atoms with E-state index in [2.05, 4.69) is 29.6 Å². The summed E-state index contributed by atoms with van der Waals surface area (Å²) in [5, 5.41) is 2.78. The quantitative estimate of drug-likeness (QED) is 0.747. The Morgan fingerprint density at radius 1 is 0.964 bits per heavy atom. The van der Waals surface area contributed by atoms with Gasteiger partial charge in [0.1, 0.15) is 12.2 Å². The molecule has 0 atom stereocenters. The molecule has 0 aliphatic carbocycles. The van der Waals surface area contributed by atoms with Crippen LogP contribution in [0.4, 0.5) is 4.39 Å². The highest BCUT2D eigenvalue weighted by molar-refractivity contribution is 5.96. The number of halogens is 1. The molecule has 1 aliphatic heterocycles. The Hall–Kier alpha value is -2.69. The van der Waals surface area contributed by atoms with Gasteiger partial charge < -0.3 is 10.2 Å². The zero-order valence-electron chi connectivity index (χ0n) is 16.1. The Labute approximate surface area is 165 Å². The first-order valence-electron chi connectivity index (χ1n) is 9.93. The standard InChI is InChI=1S/C23H27FN2O2/c24-21-8-6-18(7-9-21)10-13-25-22(27)17-23(28)26-14-11-20(12-15-26)16-19-4-2-1-3-5-19/h1-9,20H,10-17H2,(H,25,27). The third kappa shape index (κ3) is 6.19. The topological polar surface area (TPSA) is 49.4 Å². The summed E-state index contributed by atoms with van der Waals surface area (Å²) in [5.74, 6) is -0.0297. The van der Waals surface area contributed by atoms with E-state index in [1.807, 2.05) is 6.07 Å². The second-order valence-corrected chi connectivity index (χ2v) is 7.42. The van der Waals surface area contributed by atoms with Crippen molar-refractivity contribution in [1.82, 2.24) is 10.2 Å². The molecule has 1 fully saturated rings. The molecule has 0 saturated carbocycles. The van der Waals surface area contributed by atoms with E-state index in [0.29, 0.717) is 18.9 Å². The van der Waals surface area contributed by atoms with Crippen LogP contribution in [0.3, 0.4) is 0 Å². The van der Waals surface area contributed by atoms with E-state index in [1.54, 1.807) is 17.0 Å². The van der Waals surface area contributed by atoms with Crippen molar-refractivity contribution >= 4 is 11.8 Å². The molecule has 0 spiro atoms. The fraction of sp³-hybridized carbons (Fsp3) is 0.391. The van der Waals surface area contributed by atoms with E-state index in [9.17, 15) is 14.0 Å². The van der Waals surface area contributed by atoms with Gasteiger partial charge in [0.15, 0.2) is 0 Å². The summed E-state index contributed by atoms with van der Waals surface area (Å²) >= 11 is 0. The molecule has 1 aliphatic rings. The van der Waals surface area contributed by atoms with Gasteiger partial charge in [-0.15, -0.1) is 0 Å². The number of hydrogen-bond donors (Lipinski definition) is 1. The van der Waals surface area contributed by atoms with E-state index < -0.39 is 0 Å². The van der Waals surface area contributed by atoms with Gasteiger partial charge in [-0.3, -0.25) is 9.59 Å². The summed E-state index contributed by atoms with van der Waals surface area (Å²) in [6.45, 7) is 1.88. The minimum atomic E-state index is -0.272. The largest absolute Gasteiger partial charge is 0.355 e. The fourth-order valence-corrected chi connectivity index (χ4v) is 3.64. The smallest absolute Gasteiger partial charge is 0.232 e. The van der Waals surface area contributed by atoms with Crippen molar-refractivity contribution in [1.29, 1.82) is 0 Å². The Morgan fingerprint density at radius 3 is 2.32 bits per heavy atom. The number of benzene rings is 2. The maximum Gasteiger partial charge on any atom is 0.232 e. The van der Waals surface area contributed by atoms with Crippen LogP contribution in [0.15, 0.2) is 54.6 Å². The average Bonchev–Trinajstić information content (AvgIpc) is 2.71. The molecule has 28 heavy (non-hydrogen) atoms. The van der Waals surface area contributed by atoms with E-state index in [1.165, 1.54) is 17.7 Å². The van der Waals surface area contributed by atoms with Crippen LogP contribution in [0.2, 0.25) is 0 Å². The second-order valence-electron chi connectivity index (χ2n) is 7.42. The van der Waals surface area contributed by atoms with Gasteiger partial charge in [-0.25, -0.2) is 4.39 Å². The van der Waals surface area contributed by atoms with Crippen LogP contribution in [0.25, 0.3) is 0 Å². The van der Waals surface area contributed by atoms with E-state index in [-0.39, 0.29) is 24.1 Å². The van der Waals surface area contributed by atoms with Crippen LogP contribution < -0.4 is 5.32 Å². The van der Waals surface area contributed by atoms with Crippen LogP contribution >= 0.6 is 0 Å². The van der Waals surface area contributed by atoms with Crippen molar-refractivity contribution in [3.8, 4) is 0 Å². The van der Waals surface area contributed by atoms with Gasteiger partial charge in [-0.05, 0) is 54.9 Å². The van der Waals surface area contributed by atoms with Crippen molar-refractivity contribution in [3.05, 3.63) is 71.5 Å². The fourth-order valence-electron chi connectivity index (χ4n) is 3.64. The summed E-state index contributed by atoms with van der Waals surface area (Å²) in [7, 11) is 0. The van der Waals surface area contributed by atoms with Crippen molar-refractivity contribution in [3.63, 3.8) is 0 Å². The van der Waals surface area contributed by atoms with Crippen molar-refractivity contribution in [2.24, 2.45) is 5.92 Å². The van der Waals surface area contributed by atoms with Gasteiger partial charge in [-0.2, -0.15) is 0 Å². The van der Waals surface area contributed by atoms with Gasteiger partial charge in [0.2, 0.25) is 11.8 Å². The first kappa shape index (κ1) is 20.1. The summed E-state index contributed by atoms with van der Waals surface area (Å²) in [6, 6.07) is 16.6. The molecule has 1 N–H and O–H groups in total. The lowest BCUT2D eigenvalue weighted by atomic mass is 9.90. The maximum atomic E-state index is 12.9. The number of hydrogen-bond acceptors (Lipinski definition) is 2. The molecule has 0 radical (unpaired) electrons. The minimum Gasteiger partial charge on any atom is -0.355 e. The molecule has 4 nitrogen and oxygen atoms in total. The van der Waals surface area contributed by atoms with Gasteiger partial charge in [0.25, 0.3) is 0 Å². The highest BCUT2D eigenvalue weighted by atomic mass is 19.1. The number of piperidine rings is 1. The average molecular weight is 382 g/mol. The lowest BCUT2D eigenvalue weighted by molar-refractivity contribution is -0.137. The highest BCUT2D eigenvalue weighted by Crippen LogP contribution is 2.22. The molecule has 2 amide bonds. The van der Waals surface area contributed by atoms with Crippen molar-refractivity contribution in [2.45, 2.75) is 32.1 Å². The van der Waals surface area contributed by atoms with Gasteiger partial charge in [-0.1, -0.05) is 42.5 Å². The lowest BCUT2D eigenvalue weighted by Crippen LogP contribution is -2.41.